The number of likely N-dealkylation sites (tertiary alicyclic amines) is 1. The van der Waals surface area contributed by atoms with Crippen LogP contribution in [0, 0.1) is 17.2 Å². The molecule has 2 atom stereocenters. The van der Waals surface area contributed by atoms with Gasteiger partial charge in [-0.25, -0.2) is 4.39 Å². The van der Waals surface area contributed by atoms with Gasteiger partial charge >= 0.3 is 5.97 Å². The number of benzene rings is 1. The topological polar surface area (TPSA) is 66.8 Å². The molecule has 5 nitrogen and oxygen atoms in total. The van der Waals surface area contributed by atoms with E-state index in [2.05, 4.69) is 15.9 Å². The molecule has 7 heteroatoms. The number of hydrogen-bond acceptors (Lipinski definition) is 3. The van der Waals surface area contributed by atoms with Crippen LogP contribution in [0.2, 0.25) is 0 Å². The normalized spacial score (nSPS) is 26.2. The largest absolute Gasteiger partial charge is 0.483 e. The van der Waals surface area contributed by atoms with Crippen molar-refractivity contribution in [3.8, 4) is 5.75 Å². The minimum Gasteiger partial charge on any atom is -0.483 e. The molecule has 1 aromatic rings. The first-order valence-corrected chi connectivity index (χ1v) is 8.31. The Kier molecular flexibility index (Phi) is 4.31. The van der Waals surface area contributed by atoms with Crippen molar-refractivity contribution in [1.29, 1.82) is 0 Å². The van der Waals surface area contributed by atoms with E-state index in [-0.39, 0.29) is 25.0 Å². The van der Waals surface area contributed by atoms with E-state index >= 15 is 0 Å². The van der Waals surface area contributed by atoms with Gasteiger partial charge in [0.25, 0.3) is 5.91 Å². The molecule has 1 aliphatic heterocycles. The summed E-state index contributed by atoms with van der Waals surface area (Å²) in [6, 6.07) is 3.97. The average Bonchev–Trinajstić information content (AvgIpc) is 3.04. The highest BCUT2D eigenvalue weighted by Crippen LogP contribution is 2.48. The zero-order chi connectivity index (χ0) is 16.6. The molecule has 124 valence electrons. The molecule has 1 amide bonds. The summed E-state index contributed by atoms with van der Waals surface area (Å²) in [7, 11) is 0. The predicted molar refractivity (Wildman–Crippen MR) is 83.6 cm³/mol. The van der Waals surface area contributed by atoms with E-state index < -0.39 is 17.2 Å². The van der Waals surface area contributed by atoms with Crippen molar-refractivity contribution in [2.75, 3.05) is 19.7 Å². The Morgan fingerprint density at radius 3 is 2.91 bits per heavy atom. The SMILES string of the molecule is O=C(COc1ccc(F)cc1Br)N1C[C@@H]2CCC[C@@]2(C(=O)O)C1. The van der Waals surface area contributed by atoms with Gasteiger partial charge in [-0.2, -0.15) is 0 Å². The third kappa shape index (κ3) is 2.94. The fourth-order valence-corrected chi connectivity index (χ4v) is 4.12. The quantitative estimate of drug-likeness (QED) is 0.864. The molecule has 0 bridgehead atoms. The van der Waals surface area contributed by atoms with E-state index in [1.807, 2.05) is 0 Å². The van der Waals surface area contributed by atoms with Crippen LogP contribution in [0.4, 0.5) is 4.39 Å². The summed E-state index contributed by atoms with van der Waals surface area (Å²) in [5.41, 5.74) is -0.786. The molecular formula is C16H17BrFNO4. The van der Waals surface area contributed by atoms with Crippen molar-refractivity contribution in [3.63, 3.8) is 0 Å². The Bertz CT molecular complexity index is 653. The number of rotatable bonds is 4. The van der Waals surface area contributed by atoms with E-state index in [1.165, 1.54) is 18.2 Å². The summed E-state index contributed by atoms with van der Waals surface area (Å²) in [5.74, 6) is -1.03. The van der Waals surface area contributed by atoms with Crippen LogP contribution in [0.15, 0.2) is 22.7 Å². The first kappa shape index (κ1) is 16.2. The molecule has 2 fully saturated rings. The number of carboxylic acid groups (broad SMARTS) is 1. The highest BCUT2D eigenvalue weighted by Gasteiger charge is 2.55. The number of fused-ring (bicyclic) bond motifs is 1. The number of nitrogens with zero attached hydrogens (tertiary/aromatic N) is 1. The first-order chi connectivity index (χ1) is 10.9. The number of carbonyl (C=O) groups is 2. The maximum Gasteiger partial charge on any atom is 0.311 e. The van der Waals surface area contributed by atoms with Crippen molar-refractivity contribution in [2.45, 2.75) is 19.3 Å². The van der Waals surface area contributed by atoms with Gasteiger partial charge < -0.3 is 14.7 Å². The smallest absolute Gasteiger partial charge is 0.311 e. The number of hydrogen-bond donors (Lipinski definition) is 1. The lowest BCUT2D eigenvalue weighted by Crippen LogP contribution is -2.38. The predicted octanol–water partition coefficient (Wildman–Crippen LogP) is 2.68. The van der Waals surface area contributed by atoms with Gasteiger partial charge in [-0.1, -0.05) is 6.42 Å². The second-order valence-electron chi connectivity index (χ2n) is 6.19. The zero-order valence-corrected chi connectivity index (χ0v) is 14.0. The van der Waals surface area contributed by atoms with Crippen LogP contribution >= 0.6 is 15.9 Å². The number of ether oxygens (including phenoxy) is 1. The lowest BCUT2D eigenvalue weighted by molar-refractivity contribution is -0.149. The molecule has 0 spiro atoms. The highest BCUT2D eigenvalue weighted by molar-refractivity contribution is 9.10. The summed E-state index contributed by atoms with van der Waals surface area (Å²) < 4.78 is 18.9. The Labute approximate surface area is 141 Å². The van der Waals surface area contributed by atoms with Crippen LogP contribution in [0.1, 0.15) is 19.3 Å². The molecule has 1 saturated heterocycles. The number of amides is 1. The van der Waals surface area contributed by atoms with Gasteiger partial charge in [0.2, 0.25) is 0 Å². The lowest BCUT2D eigenvalue weighted by Gasteiger charge is -2.23. The van der Waals surface area contributed by atoms with Crippen molar-refractivity contribution >= 4 is 27.8 Å². The Hall–Kier alpha value is -1.63. The second kappa shape index (κ2) is 6.11. The minimum atomic E-state index is -0.808. The standard InChI is InChI=1S/C16H17BrFNO4/c17-12-6-11(18)3-4-13(12)23-8-14(20)19-7-10-2-1-5-16(10,9-19)15(21)22/h3-4,6,10H,1-2,5,7-9H2,(H,21,22)/t10-,16+/m0/s1. The molecule has 0 aromatic heterocycles. The average molecular weight is 386 g/mol. The van der Waals surface area contributed by atoms with E-state index in [0.29, 0.717) is 23.2 Å². The van der Waals surface area contributed by atoms with E-state index in [0.717, 1.165) is 12.8 Å². The van der Waals surface area contributed by atoms with Gasteiger partial charge in [0, 0.05) is 13.1 Å². The molecule has 0 unspecified atom stereocenters. The molecule has 1 saturated carbocycles. The molecule has 0 radical (unpaired) electrons. The maximum absolute atomic E-state index is 13.0. The molecular weight excluding hydrogens is 369 g/mol. The van der Waals surface area contributed by atoms with Crippen LogP contribution in [-0.4, -0.2) is 41.6 Å². The van der Waals surface area contributed by atoms with Crippen LogP contribution in [0.5, 0.6) is 5.75 Å². The van der Waals surface area contributed by atoms with E-state index in [1.54, 1.807) is 4.90 Å². The van der Waals surface area contributed by atoms with Gasteiger partial charge in [-0.15, -0.1) is 0 Å². The summed E-state index contributed by atoms with van der Waals surface area (Å²) in [6.45, 7) is 0.533. The van der Waals surface area contributed by atoms with Gasteiger partial charge in [0.15, 0.2) is 6.61 Å². The van der Waals surface area contributed by atoms with Gasteiger partial charge in [-0.3, -0.25) is 9.59 Å². The van der Waals surface area contributed by atoms with Crippen LogP contribution < -0.4 is 4.74 Å². The number of aliphatic carboxylic acids is 1. The minimum absolute atomic E-state index is 0.0292. The van der Waals surface area contributed by atoms with E-state index in [9.17, 15) is 19.1 Å². The summed E-state index contributed by atoms with van der Waals surface area (Å²) >= 11 is 3.18. The molecule has 1 aromatic carbocycles. The molecule has 1 heterocycles. The Balaban J connectivity index is 1.63. The van der Waals surface area contributed by atoms with Crippen LogP contribution in [-0.2, 0) is 9.59 Å². The molecule has 1 N–H and O–H groups in total. The third-order valence-electron chi connectivity index (χ3n) is 4.89. The van der Waals surface area contributed by atoms with Crippen molar-refractivity contribution in [1.82, 2.24) is 4.90 Å². The lowest BCUT2D eigenvalue weighted by atomic mass is 9.81. The number of carbonyl (C=O) groups excluding carboxylic acids is 1. The van der Waals surface area contributed by atoms with Crippen LogP contribution in [0.25, 0.3) is 0 Å². The monoisotopic (exact) mass is 385 g/mol. The molecule has 23 heavy (non-hydrogen) atoms. The van der Waals surface area contributed by atoms with Gasteiger partial charge in [0.05, 0.1) is 9.89 Å². The highest BCUT2D eigenvalue weighted by atomic mass is 79.9. The second-order valence-corrected chi connectivity index (χ2v) is 7.04. The first-order valence-electron chi connectivity index (χ1n) is 7.51. The van der Waals surface area contributed by atoms with Gasteiger partial charge in [-0.05, 0) is 52.9 Å². The van der Waals surface area contributed by atoms with Crippen molar-refractivity contribution in [2.24, 2.45) is 11.3 Å². The zero-order valence-electron chi connectivity index (χ0n) is 12.4. The van der Waals surface area contributed by atoms with Crippen molar-refractivity contribution in [3.05, 3.63) is 28.5 Å². The fraction of sp³-hybridized carbons (Fsp3) is 0.500. The maximum atomic E-state index is 13.0. The van der Waals surface area contributed by atoms with Gasteiger partial charge in [0.1, 0.15) is 11.6 Å². The van der Waals surface area contributed by atoms with Crippen LogP contribution in [0.3, 0.4) is 0 Å². The summed E-state index contributed by atoms with van der Waals surface area (Å²) in [5, 5.41) is 9.53. The number of halogens is 2. The Morgan fingerprint density at radius 2 is 2.26 bits per heavy atom. The van der Waals surface area contributed by atoms with E-state index in [4.69, 9.17) is 4.74 Å². The Morgan fingerprint density at radius 1 is 1.48 bits per heavy atom. The number of carboxylic acids is 1. The summed E-state index contributed by atoms with van der Waals surface area (Å²) in [6.07, 6.45) is 2.37. The molecule has 3 rings (SSSR count). The molecule has 2 aliphatic rings. The fourth-order valence-electron chi connectivity index (χ4n) is 3.65. The summed E-state index contributed by atoms with van der Waals surface area (Å²) in [4.78, 5) is 25.5. The third-order valence-corrected chi connectivity index (χ3v) is 5.51. The van der Waals surface area contributed by atoms with Crippen molar-refractivity contribution < 1.29 is 23.8 Å². The molecule has 1 aliphatic carbocycles.